The van der Waals surface area contributed by atoms with E-state index < -0.39 is 0 Å². The topological polar surface area (TPSA) is 87.5 Å². The molecular weight excluding hydrogens is 380 g/mol. The Bertz CT molecular complexity index is 773. The van der Waals surface area contributed by atoms with Crippen LogP contribution in [0.2, 0.25) is 0 Å². The lowest BCUT2D eigenvalue weighted by Crippen LogP contribution is -2.52. The fraction of sp³-hybridized carbons (Fsp3) is 0.783. The molecule has 2 aliphatic rings. The van der Waals surface area contributed by atoms with Gasteiger partial charge in [-0.25, -0.2) is 4.98 Å². The van der Waals surface area contributed by atoms with Gasteiger partial charge in [-0.2, -0.15) is 0 Å². The summed E-state index contributed by atoms with van der Waals surface area (Å²) in [5.41, 5.74) is 0.205. The van der Waals surface area contributed by atoms with Crippen LogP contribution in [0, 0.1) is 12.8 Å². The van der Waals surface area contributed by atoms with Crippen LogP contribution in [0.25, 0.3) is 0 Å². The van der Waals surface area contributed by atoms with Crippen LogP contribution in [0.15, 0.2) is 4.42 Å². The Kier molecular flexibility index (Phi) is 6.33. The number of nitrogens with one attached hydrogen (secondary N) is 2. The molecule has 2 N–H and O–H groups in total. The first kappa shape index (κ1) is 22.8. The number of aryl methyl sites for hydroxylation is 1. The average Bonchev–Trinajstić information content (AvgIpc) is 3.08. The Labute approximate surface area is 180 Å². The maximum atomic E-state index is 12.7. The summed E-state index contributed by atoms with van der Waals surface area (Å²) in [4.78, 5) is 31.8. The third-order valence-electron chi connectivity index (χ3n) is 6.02. The van der Waals surface area contributed by atoms with Crippen molar-refractivity contribution in [3.05, 3.63) is 17.3 Å². The van der Waals surface area contributed by atoms with Crippen molar-refractivity contribution in [2.24, 2.45) is 5.92 Å². The highest BCUT2D eigenvalue weighted by Crippen LogP contribution is 2.38. The third-order valence-corrected chi connectivity index (χ3v) is 6.02. The van der Waals surface area contributed by atoms with E-state index in [1.54, 1.807) is 0 Å². The quantitative estimate of drug-likeness (QED) is 0.767. The first-order valence-corrected chi connectivity index (χ1v) is 11.2. The molecular formula is C23H38N4O3. The maximum Gasteiger partial charge on any atom is 0.289 e. The van der Waals surface area contributed by atoms with Crippen LogP contribution in [0.3, 0.4) is 0 Å². The molecule has 7 nitrogen and oxygen atoms in total. The van der Waals surface area contributed by atoms with E-state index in [1.165, 1.54) is 0 Å². The van der Waals surface area contributed by atoms with Crippen molar-refractivity contribution in [3.8, 4) is 0 Å². The number of hydrogen-bond acceptors (Lipinski definition) is 5. The highest BCUT2D eigenvalue weighted by atomic mass is 16.4. The largest absolute Gasteiger partial charge is 0.435 e. The Morgan fingerprint density at radius 1 is 1.10 bits per heavy atom. The zero-order valence-corrected chi connectivity index (χ0v) is 19.6. The molecule has 2 aliphatic heterocycles. The van der Waals surface area contributed by atoms with Gasteiger partial charge in [-0.3, -0.25) is 14.5 Å². The van der Waals surface area contributed by atoms with Gasteiger partial charge in [0.15, 0.2) is 0 Å². The van der Waals surface area contributed by atoms with E-state index in [1.807, 2.05) is 48.5 Å². The van der Waals surface area contributed by atoms with Gasteiger partial charge >= 0.3 is 0 Å². The predicted molar refractivity (Wildman–Crippen MR) is 116 cm³/mol. The Morgan fingerprint density at radius 2 is 1.70 bits per heavy atom. The molecule has 30 heavy (non-hydrogen) atoms. The van der Waals surface area contributed by atoms with Gasteiger partial charge in [0, 0.05) is 29.6 Å². The zero-order valence-electron chi connectivity index (χ0n) is 19.6. The van der Waals surface area contributed by atoms with Crippen molar-refractivity contribution >= 4 is 11.8 Å². The number of amides is 2. The van der Waals surface area contributed by atoms with Gasteiger partial charge in [-0.05, 0) is 59.3 Å². The summed E-state index contributed by atoms with van der Waals surface area (Å²) in [7, 11) is 0. The summed E-state index contributed by atoms with van der Waals surface area (Å²) in [6, 6.07) is 0.853. The Hall–Kier alpha value is -1.89. The number of aromatic nitrogens is 1. The van der Waals surface area contributed by atoms with Crippen molar-refractivity contribution in [3.63, 3.8) is 0 Å². The van der Waals surface area contributed by atoms with E-state index in [0.29, 0.717) is 48.4 Å². The molecule has 0 radical (unpaired) electrons. The number of hydrogen-bond donors (Lipinski definition) is 2. The van der Waals surface area contributed by atoms with Gasteiger partial charge in [0.2, 0.25) is 17.6 Å². The number of piperidine rings is 1. The number of carbonyl (C=O) groups excluding carboxylic acids is 2. The molecule has 3 rings (SSSR count). The lowest BCUT2D eigenvalue weighted by Gasteiger charge is -2.39. The highest BCUT2D eigenvalue weighted by Gasteiger charge is 2.41. The van der Waals surface area contributed by atoms with Crippen LogP contribution in [-0.4, -0.2) is 52.4 Å². The van der Waals surface area contributed by atoms with E-state index >= 15 is 0 Å². The molecule has 1 unspecified atom stereocenters. The third kappa shape index (κ3) is 5.42. The summed E-state index contributed by atoms with van der Waals surface area (Å²) in [5.74, 6) is 1.25. The van der Waals surface area contributed by atoms with Crippen molar-refractivity contribution in [1.29, 1.82) is 0 Å². The van der Waals surface area contributed by atoms with E-state index in [2.05, 4.69) is 20.5 Å². The smallest absolute Gasteiger partial charge is 0.289 e. The number of oxazole rings is 1. The standard InChI is InChI=1S/C23H38N4O3/c1-14-19(30-21(25-14)22(2,3)4)20(29)24-12-15-10-16-8-9-17(11-15)27(16)13-18(28)26-23(5,6)7/h15-17H,8-13H2,1-7H3,(H,24,29)(H,26,28)/t15?,16-,17+. The Balaban J connectivity index is 1.53. The van der Waals surface area contributed by atoms with E-state index in [0.717, 1.165) is 25.7 Å². The van der Waals surface area contributed by atoms with Crippen LogP contribution in [0.4, 0.5) is 0 Å². The second-order valence-corrected chi connectivity index (χ2v) is 11.1. The van der Waals surface area contributed by atoms with Gasteiger partial charge in [-0.15, -0.1) is 0 Å². The molecule has 2 amide bonds. The fourth-order valence-corrected chi connectivity index (χ4v) is 4.68. The SMILES string of the molecule is Cc1nc(C(C)(C)C)oc1C(=O)NCC1C[C@H]2CC[C@@H](C1)N2CC(=O)NC(C)(C)C. The number of carbonyl (C=O) groups is 2. The summed E-state index contributed by atoms with van der Waals surface area (Å²) in [6.07, 6.45) is 4.30. The normalized spacial score (nSPS) is 24.7. The summed E-state index contributed by atoms with van der Waals surface area (Å²) >= 11 is 0. The van der Waals surface area contributed by atoms with Crippen LogP contribution >= 0.6 is 0 Å². The van der Waals surface area contributed by atoms with Gasteiger partial charge in [0.1, 0.15) is 0 Å². The minimum Gasteiger partial charge on any atom is -0.435 e. The molecule has 2 fully saturated rings. The first-order chi connectivity index (χ1) is 13.8. The van der Waals surface area contributed by atoms with E-state index in [4.69, 9.17) is 4.42 Å². The van der Waals surface area contributed by atoms with Crippen LogP contribution in [0.1, 0.15) is 89.4 Å². The molecule has 1 aromatic rings. The molecule has 0 aromatic carbocycles. The van der Waals surface area contributed by atoms with E-state index in [9.17, 15) is 9.59 Å². The molecule has 168 valence electrons. The second kappa shape index (κ2) is 8.33. The first-order valence-electron chi connectivity index (χ1n) is 11.2. The van der Waals surface area contributed by atoms with Gasteiger partial charge in [-0.1, -0.05) is 20.8 Å². The summed E-state index contributed by atoms with van der Waals surface area (Å²) < 4.78 is 5.76. The van der Waals surface area contributed by atoms with Gasteiger partial charge in [0.05, 0.1) is 12.2 Å². The molecule has 2 bridgehead atoms. The number of nitrogens with zero attached hydrogens (tertiary/aromatic N) is 2. The average molecular weight is 419 g/mol. The van der Waals surface area contributed by atoms with Gasteiger partial charge < -0.3 is 15.1 Å². The zero-order chi connectivity index (χ0) is 22.3. The van der Waals surface area contributed by atoms with Crippen molar-refractivity contribution in [2.45, 2.75) is 97.2 Å². The minimum atomic E-state index is -0.228. The molecule has 0 saturated carbocycles. The molecule has 3 heterocycles. The summed E-state index contributed by atoms with van der Waals surface area (Å²) in [5, 5.41) is 6.13. The monoisotopic (exact) mass is 418 g/mol. The van der Waals surface area contributed by atoms with E-state index in [-0.39, 0.29) is 22.8 Å². The minimum absolute atomic E-state index is 0.0987. The lowest BCUT2D eigenvalue weighted by molar-refractivity contribution is -0.125. The van der Waals surface area contributed by atoms with Crippen molar-refractivity contribution in [1.82, 2.24) is 20.5 Å². The molecule has 1 aromatic heterocycles. The molecule has 7 heteroatoms. The molecule has 3 atom stereocenters. The lowest BCUT2D eigenvalue weighted by atomic mass is 9.90. The van der Waals surface area contributed by atoms with Crippen LogP contribution in [-0.2, 0) is 10.2 Å². The number of rotatable bonds is 5. The Morgan fingerprint density at radius 3 is 2.20 bits per heavy atom. The molecule has 0 spiro atoms. The second-order valence-electron chi connectivity index (χ2n) is 11.1. The van der Waals surface area contributed by atoms with Crippen LogP contribution in [0.5, 0.6) is 0 Å². The highest BCUT2D eigenvalue weighted by molar-refractivity contribution is 5.92. The molecule has 2 saturated heterocycles. The van der Waals surface area contributed by atoms with Crippen molar-refractivity contribution < 1.29 is 14.0 Å². The number of fused-ring (bicyclic) bond motifs is 2. The van der Waals surface area contributed by atoms with Gasteiger partial charge in [0.25, 0.3) is 5.91 Å². The summed E-state index contributed by atoms with van der Waals surface area (Å²) in [6.45, 7) is 15.0. The van der Waals surface area contributed by atoms with Crippen LogP contribution < -0.4 is 10.6 Å². The predicted octanol–water partition coefficient (Wildman–Crippen LogP) is 3.17. The molecule has 0 aliphatic carbocycles. The maximum absolute atomic E-state index is 12.7. The van der Waals surface area contributed by atoms with Crippen molar-refractivity contribution in [2.75, 3.05) is 13.1 Å². The fourth-order valence-electron chi connectivity index (χ4n) is 4.68.